The van der Waals surface area contributed by atoms with Crippen molar-refractivity contribution in [3.8, 4) is 11.5 Å². The van der Waals surface area contributed by atoms with Gasteiger partial charge in [-0.1, -0.05) is 11.6 Å². The molecule has 2 aromatic rings. The first kappa shape index (κ1) is 19.8. The number of hydrogen-bond acceptors (Lipinski definition) is 7. The summed E-state index contributed by atoms with van der Waals surface area (Å²) in [7, 11) is 1.19. The van der Waals surface area contributed by atoms with Crippen LogP contribution in [0.3, 0.4) is 0 Å². The number of rotatable bonds is 4. The summed E-state index contributed by atoms with van der Waals surface area (Å²) in [5.41, 5.74) is -0.910. The van der Waals surface area contributed by atoms with Crippen molar-refractivity contribution >= 4 is 46.9 Å². The number of anilines is 1. The number of nitro benzene ring substituents is 1. The Morgan fingerprint density at radius 3 is 2.45 bits per heavy atom. The van der Waals surface area contributed by atoms with Gasteiger partial charge < -0.3 is 9.84 Å². The normalized spacial score (nSPS) is 15.4. The van der Waals surface area contributed by atoms with Crippen LogP contribution in [0.4, 0.5) is 16.2 Å². The molecule has 2 N–H and O–H groups in total. The van der Waals surface area contributed by atoms with E-state index in [0.717, 1.165) is 17.0 Å². The average molecular weight is 418 g/mol. The zero-order valence-electron chi connectivity index (χ0n) is 14.7. The second-order valence-corrected chi connectivity index (χ2v) is 6.22. The number of imide groups is 2. The topological polar surface area (TPSA) is 139 Å². The lowest BCUT2D eigenvalue weighted by molar-refractivity contribution is -0.386. The van der Waals surface area contributed by atoms with Gasteiger partial charge in [0.1, 0.15) is 5.57 Å². The Morgan fingerprint density at radius 1 is 1.21 bits per heavy atom. The number of methoxy groups -OCH3 is 1. The summed E-state index contributed by atoms with van der Waals surface area (Å²) in [6.07, 6.45) is 1.06. The van der Waals surface area contributed by atoms with Crippen LogP contribution in [0.2, 0.25) is 5.02 Å². The highest BCUT2D eigenvalue weighted by Crippen LogP contribution is 2.37. The molecule has 29 heavy (non-hydrogen) atoms. The Hall–Kier alpha value is -3.92. The predicted octanol–water partition coefficient (Wildman–Crippen LogP) is 2.63. The molecule has 1 aliphatic heterocycles. The number of hydrogen-bond donors (Lipinski definition) is 2. The highest BCUT2D eigenvalue weighted by atomic mass is 35.5. The van der Waals surface area contributed by atoms with Gasteiger partial charge in [0.25, 0.3) is 11.8 Å². The van der Waals surface area contributed by atoms with E-state index in [1.807, 2.05) is 5.32 Å². The lowest BCUT2D eigenvalue weighted by Crippen LogP contribution is -2.54. The molecule has 2 aromatic carbocycles. The van der Waals surface area contributed by atoms with E-state index < -0.39 is 39.8 Å². The van der Waals surface area contributed by atoms with E-state index >= 15 is 0 Å². The number of benzene rings is 2. The first-order valence-electron chi connectivity index (χ1n) is 7.95. The van der Waals surface area contributed by atoms with E-state index in [1.165, 1.54) is 37.4 Å². The van der Waals surface area contributed by atoms with Crippen molar-refractivity contribution in [2.24, 2.45) is 0 Å². The summed E-state index contributed by atoms with van der Waals surface area (Å²) < 4.78 is 4.89. The summed E-state index contributed by atoms with van der Waals surface area (Å²) in [6, 6.07) is 6.99. The van der Waals surface area contributed by atoms with E-state index in [9.17, 15) is 29.6 Å². The molecular weight excluding hydrogens is 406 g/mol. The molecule has 1 fully saturated rings. The highest BCUT2D eigenvalue weighted by Gasteiger charge is 2.37. The van der Waals surface area contributed by atoms with Gasteiger partial charge >= 0.3 is 11.7 Å². The lowest BCUT2D eigenvalue weighted by Gasteiger charge is -2.26. The Kier molecular flexibility index (Phi) is 5.20. The van der Waals surface area contributed by atoms with E-state index in [2.05, 4.69) is 0 Å². The standard InChI is InChI=1S/C18H12ClN3O7/c1-29-14-8-9(7-13(15(14)23)22(27)28)6-12-16(24)20-18(26)21(17(12)25)11-4-2-10(19)3-5-11/h2-8,23H,1H3,(H,20,24,26). The molecule has 0 saturated carbocycles. The number of ether oxygens (including phenoxy) is 1. The van der Waals surface area contributed by atoms with Gasteiger partial charge in [0.05, 0.1) is 17.7 Å². The quantitative estimate of drug-likeness (QED) is 0.337. The van der Waals surface area contributed by atoms with E-state index in [1.54, 1.807) is 0 Å². The molecular formula is C18H12ClN3O7. The SMILES string of the molecule is COc1cc(C=C2C(=O)NC(=O)N(c3ccc(Cl)cc3)C2=O)cc([N+](=O)[O-])c1O. The second kappa shape index (κ2) is 7.60. The first-order valence-corrected chi connectivity index (χ1v) is 8.33. The molecule has 0 bridgehead atoms. The van der Waals surface area contributed by atoms with Crippen LogP contribution in [0.1, 0.15) is 5.56 Å². The van der Waals surface area contributed by atoms with Crippen LogP contribution in [-0.2, 0) is 9.59 Å². The molecule has 11 heteroatoms. The van der Waals surface area contributed by atoms with Gasteiger partial charge in [-0.25, -0.2) is 9.69 Å². The van der Waals surface area contributed by atoms with Gasteiger partial charge in [-0.2, -0.15) is 0 Å². The fourth-order valence-corrected chi connectivity index (χ4v) is 2.77. The molecule has 1 aliphatic rings. The van der Waals surface area contributed by atoms with Crippen LogP contribution >= 0.6 is 11.6 Å². The number of amides is 4. The van der Waals surface area contributed by atoms with Crippen molar-refractivity contribution in [3.63, 3.8) is 0 Å². The number of carbonyl (C=O) groups is 3. The minimum absolute atomic E-state index is 0.0373. The molecule has 0 spiro atoms. The maximum absolute atomic E-state index is 12.8. The minimum atomic E-state index is -0.972. The van der Waals surface area contributed by atoms with Gasteiger partial charge in [0, 0.05) is 11.1 Å². The maximum atomic E-state index is 12.8. The molecule has 1 heterocycles. The van der Waals surface area contributed by atoms with Gasteiger partial charge in [-0.15, -0.1) is 0 Å². The van der Waals surface area contributed by atoms with Gasteiger partial charge in [-0.05, 0) is 42.0 Å². The van der Waals surface area contributed by atoms with Crippen LogP contribution in [0.15, 0.2) is 42.0 Å². The predicted molar refractivity (Wildman–Crippen MR) is 102 cm³/mol. The number of phenolic OH excluding ortho intramolecular Hbond substituents is 1. The van der Waals surface area contributed by atoms with Crippen molar-refractivity contribution in [2.45, 2.75) is 0 Å². The third-order valence-corrected chi connectivity index (χ3v) is 4.24. The van der Waals surface area contributed by atoms with Crippen LogP contribution < -0.4 is 15.0 Å². The molecule has 0 radical (unpaired) electrons. The minimum Gasteiger partial charge on any atom is -0.500 e. The third kappa shape index (κ3) is 3.73. The maximum Gasteiger partial charge on any atom is 0.335 e. The summed E-state index contributed by atoms with van der Waals surface area (Å²) in [5, 5.41) is 23.4. The van der Waals surface area contributed by atoms with Gasteiger partial charge in [0.2, 0.25) is 5.75 Å². The summed E-state index contributed by atoms with van der Waals surface area (Å²) >= 11 is 5.81. The van der Waals surface area contributed by atoms with E-state index in [0.29, 0.717) is 5.02 Å². The van der Waals surface area contributed by atoms with E-state index in [-0.39, 0.29) is 17.0 Å². The van der Waals surface area contributed by atoms with Crippen molar-refractivity contribution < 1.29 is 29.2 Å². The molecule has 10 nitrogen and oxygen atoms in total. The van der Waals surface area contributed by atoms with Crippen LogP contribution in [0, 0.1) is 10.1 Å². The fourth-order valence-electron chi connectivity index (χ4n) is 2.64. The zero-order chi connectivity index (χ0) is 21.3. The number of nitrogens with zero attached hydrogens (tertiary/aromatic N) is 2. The molecule has 0 unspecified atom stereocenters. The first-order chi connectivity index (χ1) is 13.7. The number of urea groups is 1. The Bertz CT molecular complexity index is 1080. The largest absolute Gasteiger partial charge is 0.500 e. The second-order valence-electron chi connectivity index (χ2n) is 5.78. The van der Waals surface area contributed by atoms with Gasteiger partial charge in [0.15, 0.2) is 5.75 Å². The summed E-state index contributed by atoms with van der Waals surface area (Å²) in [6.45, 7) is 0. The molecule has 0 aliphatic carbocycles. The molecule has 4 amide bonds. The molecule has 1 saturated heterocycles. The molecule has 3 rings (SSSR count). The van der Waals surface area contributed by atoms with Crippen molar-refractivity contribution in [3.05, 3.63) is 62.7 Å². The number of nitro groups is 1. The van der Waals surface area contributed by atoms with Crippen LogP contribution in [-0.4, -0.2) is 35.0 Å². The van der Waals surface area contributed by atoms with Crippen LogP contribution in [0.5, 0.6) is 11.5 Å². The number of carbonyl (C=O) groups excluding carboxylic acids is 3. The lowest BCUT2D eigenvalue weighted by atomic mass is 10.1. The number of nitrogens with one attached hydrogen (secondary N) is 1. The Balaban J connectivity index is 2.08. The number of aromatic hydroxyl groups is 1. The monoisotopic (exact) mass is 417 g/mol. The smallest absolute Gasteiger partial charge is 0.335 e. The van der Waals surface area contributed by atoms with Crippen molar-refractivity contribution in [1.82, 2.24) is 5.32 Å². The fraction of sp³-hybridized carbons (Fsp3) is 0.0556. The third-order valence-electron chi connectivity index (χ3n) is 3.99. The number of barbiturate groups is 1. The zero-order valence-corrected chi connectivity index (χ0v) is 15.5. The van der Waals surface area contributed by atoms with E-state index in [4.69, 9.17) is 16.3 Å². The van der Waals surface area contributed by atoms with Gasteiger partial charge in [-0.3, -0.25) is 25.0 Å². The number of phenols is 1. The molecule has 0 aromatic heterocycles. The molecule has 0 atom stereocenters. The Labute approximate surface area is 168 Å². The molecule has 148 valence electrons. The van der Waals surface area contributed by atoms with Crippen molar-refractivity contribution in [2.75, 3.05) is 12.0 Å². The summed E-state index contributed by atoms with van der Waals surface area (Å²) in [5.74, 6) is -2.83. The Morgan fingerprint density at radius 2 is 1.86 bits per heavy atom. The number of halogens is 1. The average Bonchev–Trinajstić information content (AvgIpc) is 2.67. The van der Waals surface area contributed by atoms with Crippen LogP contribution in [0.25, 0.3) is 6.08 Å². The highest BCUT2D eigenvalue weighted by molar-refractivity contribution is 6.39. The summed E-state index contributed by atoms with van der Waals surface area (Å²) in [4.78, 5) is 48.2. The van der Waals surface area contributed by atoms with Crippen molar-refractivity contribution in [1.29, 1.82) is 0 Å².